The number of phenols is 2. The highest BCUT2D eigenvalue weighted by molar-refractivity contribution is 5.69. The molecule has 0 aromatic heterocycles. The van der Waals surface area contributed by atoms with Crippen molar-refractivity contribution in [3.05, 3.63) is 28.3 Å². The van der Waals surface area contributed by atoms with Crippen LogP contribution in [-0.4, -0.2) is 20.9 Å². The Labute approximate surface area is 210 Å². The molecule has 1 aromatic rings. The summed E-state index contributed by atoms with van der Waals surface area (Å²) in [5.41, 5.74) is 1.89. The topological polar surface area (TPSA) is 60.7 Å². The van der Waals surface area contributed by atoms with Crippen molar-refractivity contribution in [3.63, 3.8) is 0 Å². The summed E-state index contributed by atoms with van der Waals surface area (Å²) in [6.45, 7) is 16.9. The van der Waals surface area contributed by atoms with Crippen molar-refractivity contribution in [1.82, 2.24) is 0 Å². The van der Waals surface area contributed by atoms with Crippen LogP contribution in [0.4, 0.5) is 0 Å². The van der Waals surface area contributed by atoms with Gasteiger partial charge in [-0.05, 0) is 62.5 Å². The van der Waals surface area contributed by atoms with Crippen molar-refractivity contribution < 1.29 is 15.3 Å². The van der Waals surface area contributed by atoms with Crippen molar-refractivity contribution in [1.29, 1.82) is 0 Å². The monoisotopic (exact) mass is 474 g/mol. The van der Waals surface area contributed by atoms with Crippen LogP contribution in [0, 0.1) is 31.6 Å². The number of phenolic OH excluding ortho intramolecular Hbond substituents is 2. The molecule has 0 saturated heterocycles. The lowest BCUT2D eigenvalue weighted by Crippen LogP contribution is -2.20. The fourth-order valence-corrected chi connectivity index (χ4v) is 4.87. The molecule has 3 N–H and O–H groups in total. The van der Waals surface area contributed by atoms with Crippen LogP contribution in [-0.2, 0) is 6.42 Å². The van der Waals surface area contributed by atoms with Gasteiger partial charge in [-0.3, -0.25) is 0 Å². The minimum absolute atomic E-state index is 0.206. The van der Waals surface area contributed by atoms with Crippen LogP contribution in [0.2, 0.25) is 0 Å². The largest absolute Gasteiger partial charge is 0.507 e. The van der Waals surface area contributed by atoms with Crippen LogP contribution < -0.4 is 0 Å². The third-order valence-corrected chi connectivity index (χ3v) is 7.50. The Balaban J connectivity index is 2.55. The first-order chi connectivity index (χ1) is 15.9. The van der Waals surface area contributed by atoms with Gasteiger partial charge in [-0.25, -0.2) is 0 Å². The van der Waals surface area contributed by atoms with Gasteiger partial charge in [0, 0.05) is 11.1 Å². The van der Waals surface area contributed by atoms with Crippen molar-refractivity contribution in [2.45, 2.75) is 132 Å². The van der Waals surface area contributed by atoms with E-state index in [4.69, 9.17) is 0 Å². The first-order valence-corrected chi connectivity index (χ1v) is 13.8. The van der Waals surface area contributed by atoms with Gasteiger partial charge in [-0.2, -0.15) is 0 Å². The lowest BCUT2D eigenvalue weighted by Gasteiger charge is -2.21. The van der Waals surface area contributed by atoms with E-state index in [0.29, 0.717) is 29.9 Å². The summed E-state index contributed by atoms with van der Waals surface area (Å²) in [7, 11) is 0. The van der Waals surface area contributed by atoms with E-state index in [2.05, 4.69) is 34.6 Å². The predicted molar refractivity (Wildman–Crippen MR) is 148 cm³/mol. The molecule has 3 heteroatoms. The average molecular weight is 475 g/mol. The lowest BCUT2D eigenvalue weighted by molar-refractivity contribution is 0.0979. The Hall–Kier alpha value is -1.48. The van der Waals surface area contributed by atoms with E-state index in [-0.39, 0.29) is 11.5 Å². The minimum Gasteiger partial charge on any atom is -0.507 e. The van der Waals surface area contributed by atoms with Gasteiger partial charge >= 0.3 is 0 Å². The second kappa shape index (κ2) is 14.8. The van der Waals surface area contributed by atoms with E-state index in [0.717, 1.165) is 42.2 Å². The Morgan fingerprint density at radius 1 is 0.794 bits per heavy atom. The Kier molecular flexibility index (Phi) is 13.3. The predicted octanol–water partition coefficient (Wildman–Crippen LogP) is 8.87. The molecule has 0 amide bonds. The third kappa shape index (κ3) is 10.4. The number of hydrogen-bond acceptors (Lipinski definition) is 3. The van der Waals surface area contributed by atoms with E-state index in [9.17, 15) is 15.3 Å². The van der Waals surface area contributed by atoms with Crippen molar-refractivity contribution >= 4 is 6.08 Å². The summed E-state index contributed by atoms with van der Waals surface area (Å²) < 4.78 is 0. The molecule has 0 aliphatic rings. The maximum Gasteiger partial charge on any atom is 0.126 e. The molecular weight excluding hydrogens is 420 g/mol. The smallest absolute Gasteiger partial charge is 0.126 e. The fourth-order valence-electron chi connectivity index (χ4n) is 4.87. The third-order valence-electron chi connectivity index (χ3n) is 7.50. The number of benzene rings is 1. The summed E-state index contributed by atoms with van der Waals surface area (Å²) in [5.74, 6) is 2.80. The number of aromatic hydroxyl groups is 2. The van der Waals surface area contributed by atoms with E-state index in [1.807, 2.05) is 20.8 Å². The zero-order valence-electron chi connectivity index (χ0n) is 23.5. The van der Waals surface area contributed by atoms with E-state index in [1.54, 1.807) is 12.2 Å². The van der Waals surface area contributed by atoms with E-state index < -0.39 is 5.60 Å². The van der Waals surface area contributed by atoms with Gasteiger partial charge in [-0.15, -0.1) is 0 Å². The second-order valence-electron chi connectivity index (χ2n) is 11.6. The van der Waals surface area contributed by atoms with Gasteiger partial charge in [0.1, 0.15) is 11.5 Å². The van der Waals surface area contributed by atoms with Crippen LogP contribution in [0.25, 0.3) is 6.08 Å². The van der Waals surface area contributed by atoms with Crippen molar-refractivity contribution in [2.24, 2.45) is 17.8 Å². The van der Waals surface area contributed by atoms with Crippen molar-refractivity contribution in [2.75, 3.05) is 0 Å². The zero-order valence-corrected chi connectivity index (χ0v) is 23.5. The maximum atomic E-state index is 10.9. The van der Waals surface area contributed by atoms with Gasteiger partial charge in [0.05, 0.1) is 5.60 Å². The molecule has 3 nitrogen and oxygen atoms in total. The fraction of sp³-hybridized carbons (Fsp3) is 0.742. The van der Waals surface area contributed by atoms with Gasteiger partial charge in [0.15, 0.2) is 0 Å². The van der Waals surface area contributed by atoms with E-state index >= 15 is 0 Å². The summed E-state index contributed by atoms with van der Waals surface area (Å²) in [5, 5.41) is 32.2. The second-order valence-corrected chi connectivity index (χ2v) is 11.6. The molecule has 1 aromatic carbocycles. The molecule has 0 fully saturated rings. The SMILES string of the molecule is CCCc1c(O)c(C)c(C)c(O)c1C=C[C@](C)(O)CCC[C@H](C)CCC[C@H](C)CCCC(C)C. The van der Waals surface area contributed by atoms with E-state index in [1.165, 1.54) is 38.5 Å². The molecule has 0 saturated carbocycles. The molecular formula is C31H54O3. The normalized spacial score (nSPS) is 15.7. The molecule has 0 bridgehead atoms. The van der Waals surface area contributed by atoms with Crippen LogP contribution >= 0.6 is 0 Å². The summed E-state index contributed by atoms with van der Waals surface area (Å²) in [6.07, 6.45) is 15.9. The Bertz CT molecular complexity index is 761. The standard InChI is InChI=1S/C31H54O3/c1-9-13-27-28(30(33)26(7)25(6)29(27)32)19-21-31(8,34)20-12-18-24(5)17-11-16-23(4)15-10-14-22(2)3/h19,21-24,32-34H,9-18,20H2,1-8H3/t23-,24-,31-/m1/s1. The number of aliphatic hydroxyl groups is 1. The number of rotatable bonds is 16. The van der Waals surface area contributed by atoms with Crippen LogP contribution in [0.5, 0.6) is 11.5 Å². The summed E-state index contributed by atoms with van der Waals surface area (Å²) >= 11 is 0. The van der Waals surface area contributed by atoms with Gasteiger partial charge < -0.3 is 15.3 Å². The molecule has 1 rings (SSSR count). The van der Waals surface area contributed by atoms with Gasteiger partial charge in [0.2, 0.25) is 0 Å². The average Bonchev–Trinajstić information content (AvgIpc) is 2.75. The van der Waals surface area contributed by atoms with Crippen molar-refractivity contribution in [3.8, 4) is 11.5 Å². The highest BCUT2D eigenvalue weighted by Crippen LogP contribution is 2.38. The first-order valence-electron chi connectivity index (χ1n) is 13.8. The van der Waals surface area contributed by atoms with Crippen LogP contribution in [0.15, 0.2) is 6.08 Å². The summed E-state index contributed by atoms with van der Waals surface area (Å²) in [6, 6.07) is 0. The molecule has 196 valence electrons. The molecule has 0 aliphatic heterocycles. The van der Waals surface area contributed by atoms with Crippen LogP contribution in [0.3, 0.4) is 0 Å². The zero-order chi connectivity index (χ0) is 25.9. The van der Waals surface area contributed by atoms with Gasteiger partial charge in [0.25, 0.3) is 0 Å². The lowest BCUT2D eigenvalue weighted by atomic mass is 9.89. The molecule has 0 aliphatic carbocycles. The van der Waals surface area contributed by atoms with Crippen LogP contribution in [0.1, 0.15) is 128 Å². The number of hydrogen-bond donors (Lipinski definition) is 3. The molecule has 0 unspecified atom stereocenters. The molecule has 0 radical (unpaired) electrons. The molecule has 34 heavy (non-hydrogen) atoms. The first kappa shape index (κ1) is 30.6. The maximum absolute atomic E-state index is 10.9. The Morgan fingerprint density at radius 3 is 1.82 bits per heavy atom. The highest BCUT2D eigenvalue weighted by atomic mass is 16.3. The minimum atomic E-state index is -0.936. The van der Waals surface area contributed by atoms with Gasteiger partial charge in [-0.1, -0.05) is 105 Å². The Morgan fingerprint density at radius 2 is 1.29 bits per heavy atom. The highest BCUT2D eigenvalue weighted by Gasteiger charge is 2.20. The quantitative estimate of drug-likeness (QED) is 0.210. The summed E-state index contributed by atoms with van der Waals surface area (Å²) in [4.78, 5) is 0. The molecule has 3 atom stereocenters. The molecule has 0 heterocycles. The molecule has 0 spiro atoms.